The summed E-state index contributed by atoms with van der Waals surface area (Å²) in [7, 11) is 1.63. The van der Waals surface area contributed by atoms with Crippen LogP contribution in [0.1, 0.15) is 25.0 Å². The fraction of sp³-hybridized carbons (Fsp3) is 0.417. The molecule has 0 radical (unpaired) electrons. The van der Waals surface area contributed by atoms with Gasteiger partial charge in [0, 0.05) is 24.0 Å². The second kappa shape index (κ2) is 11.0. The highest BCUT2D eigenvalue weighted by Crippen LogP contribution is 2.28. The van der Waals surface area contributed by atoms with Crippen molar-refractivity contribution in [1.82, 2.24) is 25.3 Å². The third-order valence-electron chi connectivity index (χ3n) is 5.81. The predicted molar refractivity (Wildman–Crippen MR) is 121 cm³/mol. The molecule has 3 atom stereocenters. The van der Waals surface area contributed by atoms with Crippen molar-refractivity contribution in [2.45, 2.75) is 50.5 Å². The first-order valence-electron chi connectivity index (χ1n) is 11.2. The second-order valence-electron chi connectivity index (χ2n) is 8.08. The van der Waals surface area contributed by atoms with E-state index in [1.54, 1.807) is 18.0 Å². The monoisotopic (exact) mass is 451 g/mol. The van der Waals surface area contributed by atoms with E-state index in [1.165, 1.54) is 0 Å². The number of aliphatic hydroxyl groups is 1. The largest absolute Gasteiger partial charge is 0.496 e. The Labute approximate surface area is 192 Å². The molecule has 1 amide bonds. The summed E-state index contributed by atoms with van der Waals surface area (Å²) in [5.41, 5.74) is 2.36. The Morgan fingerprint density at radius 1 is 1.24 bits per heavy atom. The average molecular weight is 452 g/mol. The summed E-state index contributed by atoms with van der Waals surface area (Å²) in [5.74, 6) is 0.632. The lowest BCUT2D eigenvalue weighted by atomic mass is 9.97. The van der Waals surface area contributed by atoms with Gasteiger partial charge in [-0.3, -0.25) is 14.5 Å². The van der Waals surface area contributed by atoms with Crippen LogP contribution in [-0.2, 0) is 22.5 Å². The summed E-state index contributed by atoms with van der Waals surface area (Å²) in [5, 5.41) is 21.3. The third-order valence-corrected chi connectivity index (χ3v) is 5.81. The van der Waals surface area contributed by atoms with Crippen LogP contribution in [0.2, 0.25) is 0 Å². The van der Waals surface area contributed by atoms with Crippen LogP contribution in [0.4, 0.5) is 0 Å². The van der Waals surface area contributed by atoms with E-state index in [2.05, 4.69) is 20.6 Å². The third kappa shape index (κ3) is 5.94. The van der Waals surface area contributed by atoms with Crippen molar-refractivity contribution in [2.24, 2.45) is 0 Å². The lowest BCUT2D eigenvalue weighted by Crippen LogP contribution is -2.51. The number of amides is 1. The van der Waals surface area contributed by atoms with Gasteiger partial charge in [0.15, 0.2) is 0 Å². The van der Waals surface area contributed by atoms with Crippen LogP contribution < -0.4 is 10.1 Å². The quantitative estimate of drug-likeness (QED) is 0.512. The van der Waals surface area contributed by atoms with Crippen molar-refractivity contribution in [3.8, 4) is 17.0 Å². The molecule has 4 rings (SSSR count). The number of aromatic nitrogens is 4. The first-order valence-corrected chi connectivity index (χ1v) is 11.2. The summed E-state index contributed by atoms with van der Waals surface area (Å²) < 4.78 is 13.3. The summed E-state index contributed by atoms with van der Waals surface area (Å²) in [6.45, 7) is 0.494. The number of carbonyl (C=O) groups excluding carboxylic acids is 1. The Kier molecular flexibility index (Phi) is 7.64. The number of aliphatic hydroxyl groups excluding tert-OH is 1. The van der Waals surface area contributed by atoms with Gasteiger partial charge in [0.2, 0.25) is 5.91 Å². The molecule has 3 heterocycles. The summed E-state index contributed by atoms with van der Waals surface area (Å²) in [6, 6.07) is 13.0. The van der Waals surface area contributed by atoms with Crippen molar-refractivity contribution >= 4 is 5.91 Å². The number of methoxy groups -OCH3 is 1. The van der Waals surface area contributed by atoms with E-state index >= 15 is 0 Å². The van der Waals surface area contributed by atoms with Gasteiger partial charge in [-0.25, -0.2) is 0 Å². The van der Waals surface area contributed by atoms with E-state index < -0.39 is 6.10 Å². The smallest absolute Gasteiger partial charge is 0.226 e. The van der Waals surface area contributed by atoms with Crippen LogP contribution in [0.5, 0.6) is 5.75 Å². The van der Waals surface area contributed by atoms with Gasteiger partial charge in [0.1, 0.15) is 17.5 Å². The molecule has 33 heavy (non-hydrogen) atoms. The molecule has 3 aromatic rings. The topological polar surface area (TPSA) is 111 Å². The number of nitrogens with zero attached hydrogens (tertiary/aromatic N) is 4. The lowest BCUT2D eigenvalue weighted by molar-refractivity contribution is -0.128. The number of aryl methyl sites for hydroxylation is 1. The highest BCUT2D eigenvalue weighted by Gasteiger charge is 2.31. The lowest BCUT2D eigenvalue weighted by Gasteiger charge is -2.36. The number of pyridine rings is 1. The van der Waals surface area contributed by atoms with Crippen molar-refractivity contribution in [2.75, 3.05) is 13.7 Å². The minimum atomic E-state index is -0.434. The molecular weight excluding hydrogens is 422 g/mol. The normalized spacial score (nSPS) is 20.4. The maximum Gasteiger partial charge on any atom is 0.226 e. The molecular formula is C24H29N5O4. The van der Waals surface area contributed by atoms with E-state index in [0.29, 0.717) is 12.2 Å². The first-order chi connectivity index (χ1) is 16.2. The summed E-state index contributed by atoms with van der Waals surface area (Å²) in [6.07, 6.45) is 5.58. The van der Waals surface area contributed by atoms with Gasteiger partial charge in [-0.05, 0) is 43.5 Å². The molecule has 0 saturated carbocycles. The van der Waals surface area contributed by atoms with Crippen molar-refractivity contribution < 1.29 is 19.4 Å². The number of hydrogen-bond acceptors (Lipinski definition) is 7. The summed E-state index contributed by atoms with van der Waals surface area (Å²) >= 11 is 0. The van der Waals surface area contributed by atoms with Crippen LogP contribution in [0.3, 0.4) is 0 Å². The minimum Gasteiger partial charge on any atom is -0.496 e. The Morgan fingerprint density at radius 3 is 2.88 bits per heavy atom. The van der Waals surface area contributed by atoms with Gasteiger partial charge in [0.05, 0.1) is 38.5 Å². The van der Waals surface area contributed by atoms with Crippen LogP contribution in [-0.4, -0.2) is 63.0 Å². The molecule has 0 spiro atoms. The number of carbonyl (C=O) groups is 1. The van der Waals surface area contributed by atoms with Gasteiger partial charge in [-0.2, -0.15) is 0 Å². The van der Waals surface area contributed by atoms with Gasteiger partial charge in [-0.15, -0.1) is 5.10 Å². The van der Waals surface area contributed by atoms with Gasteiger partial charge < -0.3 is 19.9 Å². The second-order valence-corrected chi connectivity index (χ2v) is 8.08. The molecule has 0 bridgehead atoms. The zero-order valence-corrected chi connectivity index (χ0v) is 18.6. The van der Waals surface area contributed by atoms with Crippen LogP contribution in [0.15, 0.2) is 54.9 Å². The van der Waals surface area contributed by atoms with Crippen molar-refractivity contribution in [3.05, 3.63) is 60.6 Å². The van der Waals surface area contributed by atoms with Crippen LogP contribution >= 0.6 is 0 Å². The molecule has 1 saturated heterocycles. The van der Waals surface area contributed by atoms with Crippen molar-refractivity contribution in [1.29, 1.82) is 0 Å². The van der Waals surface area contributed by atoms with Crippen molar-refractivity contribution in [3.63, 3.8) is 0 Å². The molecule has 0 aliphatic carbocycles. The maximum atomic E-state index is 12.4. The molecule has 1 fully saturated rings. The number of nitrogens with one attached hydrogen (secondary N) is 1. The molecule has 2 aromatic heterocycles. The molecule has 0 unspecified atom stereocenters. The summed E-state index contributed by atoms with van der Waals surface area (Å²) in [4.78, 5) is 16.6. The molecule has 1 aromatic carbocycles. The maximum absolute atomic E-state index is 12.4. The molecule has 174 valence electrons. The first kappa shape index (κ1) is 22.9. The Morgan fingerprint density at radius 2 is 2.09 bits per heavy atom. The van der Waals surface area contributed by atoms with Crippen LogP contribution in [0.25, 0.3) is 11.3 Å². The van der Waals surface area contributed by atoms with Gasteiger partial charge >= 0.3 is 0 Å². The number of rotatable bonds is 9. The SMILES string of the molecule is COc1ccccc1-c1cn(CC[C@H]2CC[C@@H](NC(=O)Cc3ccccn3)[C@H](CO)O2)nn1. The van der Waals surface area contributed by atoms with Crippen LogP contribution in [0, 0.1) is 0 Å². The van der Waals surface area contributed by atoms with E-state index in [4.69, 9.17) is 9.47 Å². The molecule has 1 aliphatic rings. The highest BCUT2D eigenvalue weighted by molar-refractivity contribution is 5.78. The number of hydrogen-bond donors (Lipinski definition) is 2. The van der Waals surface area contributed by atoms with E-state index in [9.17, 15) is 9.90 Å². The highest BCUT2D eigenvalue weighted by atomic mass is 16.5. The predicted octanol–water partition coefficient (Wildman–Crippen LogP) is 2.01. The zero-order chi connectivity index (χ0) is 23.0. The zero-order valence-electron chi connectivity index (χ0n) is 18.6. The fourth-order valence-corrected chi connectivity index (χ4v) is 4.10. The average Bonchev–Trinajstić information content (AvgIpc) is 3.33. The number of benzene rings is 1. The Bertz CT molecular complexity index is 1040. The molecule has 9 heteroatoms. The van der Waals surface area contributed by atoms with Gasteiger partial charge in [-0.1, -0.05) is 23.4 Å². The molecule has 1 aliphatic heterocycles. The number of para-hydroxylation sites is 1. The number of ether oxygens (including phenoxy) is 2. The molecule has 9 nitrogen and oxygen atoms in total. The van der Waals surface area contributed by atoms with E-state index in [1.807, 2.05) is 48.7 Å². The fourth-order valence-electron chi connectivity index (χ4n) is 4.10. The Hall–Kier alpha value is -3.30. The van der Waals surface area contributed by atoms with Gasteiger partial charge in [0.25, 0.3) is 0 Å². The van der Waals surface area contributed by atoms with E-state index in [0.717, 1.165) is 36.3 Å². The van der Waals surface area contributed by atoms with E-state index in [-0.39, 0.29) is 31.1 Å². The minimum absolute atomic E-state index is 0.0231. The Balaban J connectivity index is 1.28. The molecule has 2 N–H and O–H groups in total. The standard InChI is InChI=1S/C24H29N5O4/c1-32-22-8-3-2-7-19(22)21-15-29(28-27-21)13-11-18-9-10-20(23(16-30)33-18)26-24(31)14-17-6-4-5-12-25-17/h2-8,12,15,18,20,23,30H,9-11,13-14,16H2,1H3,(H,26,31)/t18-,20-,23+/m1/s1.